The van der Waals surface area contributed by atoms with Crippen LogP contribution in [0.1, 0.15) is 48.0 Å². The lowest BCUT2D eigenvalue weighted by Crippen LogP contribution is -2.44. The smallest absolute Gasteiger partial charge is 0.303 e. The summed E-state index contributed by atoms with van der Waals surface area (Å²) in [6.07, 6.45) is 0.877. The van der Waals surface area contributed by atoms with Crippen molar-refractivity contribution in [3.05, 3.63) is 0 Å². The van der Waals surface area contributed by atoms with Crippen LogP contribution in [0.25, 0.3) is 0 Å². The highest BCUT2D eigenvalue weighted by atomic mass is 16.6. The highest BCUT2D eigenvalue weighted by molar-refractivity contribution is 5.66. The van der Waals surface area contributed by atoms with Crippen LogP contribution in [0.2, 0.25) is 0 Å². The molecule has 0 aromatic heterocycles. The van der Waals surface area contributed by atoms with E-state index in [0.717, 1.165) is 6.42 Å². The van der Waals surface area contributed by atoms with Crippen LogP contribution >= 0.6 is 0 Å². The maximum atomic E-state index is 11.0. The summed E-state index contributed by atoms with van der Waals surface area (Å²) in [4.78, 5) is 11.0. The van der Waals surface area contributed by atoms with Crippen LogP contribution in [-0.4, -0.2) is 11.6 Å². The van der Waals surface area contributed by atoms with Gasteiger partial charge in [0, 0.05) is 6.92 Å². The Hall–Kier alpha value is -0.530. The molecule has 0 amide bonds. The average Bonchev–Trinajstić information content (AvgIpc) is 1.98. The minimum atomic E-state index is -0.286. The summed E-state index contributed by atoms with van der Waals surface area (Å²) in [6.45, 7) is 12.0. The SMILES string of the molecule is CCC(OC(C)=O)(C(C)C)C(C)C. The Morgan fingerprint density at radius 2 is 1.62 bits per heavy atom. The van der Waals surface area contributed by atoms with E-state index in [1.807, 2.05) is 0 Å². The highest BCUT2D eigenvalue weighted by Gasteiger charge is 2.38. The van der Waals surface area contributed by atoms with Gasteiger partial charge in [-0.15, -0.1) is 0 Å². The molecule has 0 aromatic carbocycles. The Kier molecular flexibility index (Phi) is 4.45. The second-order valence-corrected chi connectivity index (χ2v) is 4.21. The number of ether oxygens (including phenoxy) is 1. The lowest BCUT2D eigenvalue weighted by Gasteiger charge is -2.39. The molecule has 0 unspecified atom stereocenters. The van der Waals surface area contributed by atoms with E-state index in [2.05, 4.69) is 34.6 Å². The molecule has 0 atom stereocenters. The normalized spacial score (nSPS) is 12.3. The summed E-state index contributed by atoms with van der Waals surface area (Å²) in [7, 11) is 0. The highest BCUT2D eigenvalue weighted by Crippen LogP contribution is 2.33. The van der Waals surface area contributed by atoms with Gasteiger partial charge in [-0.1, -0.05) is 34.6 Å². The standard InChI is InChI=1S/C11H22O2/c1-7-11(8(2)3,9(4)5)13-10(6)12/h8-9H,7H2,1-6H3. The molecule has 0 aromatic rings. The van der Waals surface area contributed by atoms with E-state index in [4.69, 9.17) is 4.74 Å². The van der Waals surface area contributed by atoms with Crippen LogP contribution in [0.5, 0.6) is 0 Å². The van der Waals surface area contributed by atoms with E-state index >= 15 is 0 Å². The third kappa shape index (κ3) is 2.71. The van der Waals surface area contributed by atoms with Crippen LogP contribution in [0, 0.1) is 11.8 Å². The molecule has 0 aliphatic carbocycles. The van der Waals surface area contributed by atoms with E-state index in [1.54, 1.807) is 0 Å². The Morgan fingerprint density at radius 1 is 1.23 bits per heavy atom. The summed E-state index contributed by atoms with van der Waals surface area (Å²) in [5, 5.41) is 0. The summed E-state index contributed by atoms with van der Waals surface area (Å²) in [5.74, 6) is 0.548. The molecule has 2 heteroatoms. The first-order valence-electron chi connectivity index (χ1n) is 5.06. The van der Waals surface area contributed by atoms with Gasteiger partial charge in [0.25, 0.3) is 0 Å². The maximum Gasteiger partial charge on any atom is 0.303 e. The predicted octanol–water partition coefficient (Wildman–Crippen LogP) is 3.01. The van der Waals surface area contributed by atoms with Crippen LogP contribution in [0.4, 0.5) is 0 Å². The lowest BCUT2D eigenvalue weighted by atomic mass is 9.78. The second kappa shape index (κ2) is 4.64. The first-order valence-corrected chi connectivity index (χ1v) is 5.06. The van der Waals surface area contributed by atoms with E-state index in [0.29, 0.717) is 11.8 Å². The van der Waals surface area contributed by atoms with Gasteiger partial charge in [-0.2, -0.15) is 0 Å². The molecule has 0 N–H and O–H groups in total. The number of rotatable bonds is 4. The molecule has 2 nitrogen and oxygen atoms in total. The Labute approximate surface area is 81.7 Å². The van der Waals surface area contributed by atoms with Crippen molar-refractivity contribution in [3.63, 3.8) is 0 Å². The van der Waals surface area contributed by atoms with Gasteiger partial charge in [0.1, 0.15) is 5.60 Å². The molecular formula is C11H22O2. The van der Waals surface area contributed by atoms with Gasteiger partial charge in [-0.3, -0.25) is 4.79 Å². The zero-order valence-electron chi connectivity index (χ0n) is 9.68. The number of carbonyl (C=O) groups is 1. The molecule has 0 aliphatic rings. The van der Waals surface area contributed by atoms with Gasteiger partial charge in [-0.05, 0) is 18.3 Å². The van der Waals surface area contributed by atoms with Gasteiger partial charge in [-0.25, -0.2) is 0 Å². The zero-order chi connectivity index (χ0) is 10.6. The minimum absolute atomic E-state index is 0.177. The predicted molar refractivity (Wildman–Crippen MR) is 54.5 cm³/mol. The molecule has 0 bridgehead atoms. The molecule has 0 radical (unpaired) electrons. The van der Waals surface area contributed by atoms with Gasteiger partial charge in [0.05, 0.1) is 0 Å². The average molecular weight is 186 g/mol. The fourth-order valence-electron chi connectivity index (χ4n) is 2.06. The van der Waals surface area contributed by atoms with Gasteiger partial charge in [0.15, 0.2) is 0 Å². The number of carbonyl (C=O) groups excluding carboxylic acids is 1. The largest absolute Gasteiger partial charge is 0.459 e. The van der Waals surface area contributed by atoms with Crippen molar-refractivity contribution in [1.29, 1.82) is 0 Å². The first kappa shape index (κ1) is 12.5. The molecule has 0 aliphatic heterocycles. The molecule has 13 heavy (non-hydrogen) atoms. The minimum Gasteiger partial charge on any atom is -0.459 e. The Bertz CT molecular complexity index is 163. The van der Waals surface area contributed by atoms with E-state index in [9.17, 15) is 4.79 Å². The topological polar surface area (TPSA) is 26.3 Å². The summed E-state index contributed by atoms with van der Waals surface area (Å²) in [5.41, 5.74) is -0.286. The molecule has 0 saturated heterocycles. The van der Waals surface area contributed by atoms with Crippen LogP contribution < -0.4 is 0 Å². The lowest BCUT2D eigenvalue weighted by molar-refractivity contribution is -0.169. The number of hydrogen-bond acceptors (Lipinski definition) is 2. The second-order valence-electron chi connectivity index (χ2n) is 4.21. The first-order chi connectivity index (χ1) is 5.86. The van der Waals surface area contributed by atoms with E-state index < -0.39 is 0 Å². The van der Waals surface area contributed by atoms with Crippen molar-refractivity contribution in [2.45, 2.75) is 53.6 Å². The fraction of sp³-hybridized carbons (Fsp3) is 0.909. The van der Waals surface area contributed by atoms with Crippen LogP contribution in [0.15, 0.2) is 0 Å². The van der Waals surface area contributed by atoms with Gasteiger partial charge < -0.3 is 4.74 Å². The Balaban J connectivity index is 4.75. The third-order valence-corrected chi connectivity index (χ3v) is 2.84. The summed E-state index contributed by atoms with van der Waals surface area (Å²) < 4.78 is 5.47. The number of esters is 1. The third-order valence-electron chi connectivity index (χ3n) is 2.84. The van der Waals surface area contributed by atoms with E-state index in [-0.39, 0.29) is 11.6 Å². The molecule has 78 valence electrons. The number of hydrogen-bond donors (Lipinski definition) is 0. The molecular weight excluding hydrogens is 164 g/mol. The summed E-state index contributed by atoms with van der Waals surface area (Å²) in [6, 6.07) is 0. The molecule has 0 heterocycles. The fourth-order valence-corrected chi connectivity index (χ4v) is 2.06. The molecule has 0 saturated carbocycles. The monoisotopic (exact) mass is 186 g/mol. The molecule has 0 fully saturated rings. The summed E-state index contributed by atoms with van der Waals surface area (Å²) >= 11 is 0. The maximum absolute atomic E-state index is 11.0. The van der Waals surface area contributed by atoms with Gasteiger partial charge in [0.2, 0.25) is 0 Å². The van der Waals surface area contributed by atoms with Crippen molar-refractivity contribution in [2.24, 2.45) is 11.8 Å². The van der Waals surface area contributed by atoms with E-state index in [1.165, 1.54) is 6.92 Å². The van der Waals surface area contributed by atoms with Crippen molar-refractivity contribution < 1.29 is 9.53 Å². The van der Waals surface area contributed by atoms with Crippen molar-refractivity contribution in [2.75, 3.05) is 0 Å². The van der Waals surface area contributed by atoms with Crippen molar-refractivity contribution >= 4 is 5.97 Å². The quantitative estimate of drug-likeness (QED) is 0.631. The molecule has 0 spiro atoms. The Morgan fingerprint density at radius 3 is 1.69 bits per heavy atom. The van der Waals surface area contributed by atoms with Crippen molar-refractivity contribution in [1.82, 2.24) is 0 Å². The zero-order valence-corrected chi connectivity index (χ0v) is 9.68. The van der Waals surface area contributed by atoms with Crippen LogP contribution in [-0.2, 0) is 9.53 Å². The van der Waals surface area contributed by atoms with Crippen molar-refractivity contribution in [3.8, 4) is 0 Å². The molecule has 0 rings (SSSR count). The van der Waals surface area contributed by atoms with Gasteiger partial charge >= 0.3 is 5.97 Å². The van der Waals surface area contributed by atoms with Crippen LogP contribution in [0.3, 0.4) is 0 Å².